The Kier molecular flexibility index (Phi) is 7.33. The van der Waals surface area contributed by atoms with Crippen LogP contribution in [-0.2, 0) is 6.54 Å². The number of nitrogens with zero attached hydrogens (tertiary/aromatic N) is 2. The minimum absolute atomic E-state index is 0.466. The maximum Gasteiger partial charge on any atom is 0.140 e. The Balaban J connectivity index is 2.21. The number of unbranched alkanes of at least 4 members (excludes halogenated alkanes) is 1. The van der Waals surface area contributed by atoms with Crippen molar-refractivity contribution >= 4 is 11.6 Å². The molecule has 2 rings (SSSR count). The summed E-state index contributed by atoms with van der Waals surface area (Å²) in [6.07, 6.45) is 4.32. The summed E-state index contributed by atoms with van der Waals surface area (Å²) in [4.78, 5) is 2.33. The first-order valence-corrected chi connectivity index (χ1v) is 9.44. The van der Waals surface area contributed by atoms with Gasteiger partial charge in [-0.05, 0) is 50.6 Å². The molecule has 0 aliphatic carbocycles. The van der Waals surface area contributed by atoms with Crippen LogP contribution in [0.3, 0.4) is 0 Å². The van der Waals surface area contributed by atoms with Gasteiger partial charge in [-0.15, -0.1) is 0 Å². The molecule has 0 radical (unpaired) electrons. The van der Waals surface area contributed by atoms with Gasteiger partial charge in [0.25, 0.3) is 0 Å². The molecule has 0 aliphatic rings. The van der Waals surface area contributed by atoms with Gasteiger partial charge in [-0.1, -0.05) is 38.8 Å². The molecule has 0 aliphatic heterocycles. The van der Waals surface area contributed by atoms with E-state index in [2.05, 4.69) is 49.0 Å². The highest BCUT2D eigenvalue weighted by Gasteiger charge is 2.14. The highest BCUT2D eigenvalue weighted by atomic mass is 35.5. The Bertz CT molecular complexity index is 658. The molecule has 0 saturated carbocycles. The van der Waals surface area contributed by atoms with Crippen molar-refractivity contribution in [2.45, 2.75) is 47.1 Å². The number of aryl methyl sites for hydroxylation is 1. The van der Waals surface area contributed by atoms with E-state index in [-0.39, 0.29) is 0 Å². The zero-order valence-electron chi connectivity index (χ0n) is 16.0. The average molecular weight is 364 g/mol. The second-order valence-corrected chi connectivity index (χ2v) is 7.58. The number of aromatic amines is 1. The minimum atomic E-state index is 0.466. The first kappa shape index (κ1) is 19.8. The average Bonchev–Trinajstić information content (AvgIpc) is 2.99. The van der Waals surface area contributed by atoms with Crippen molar-refractivity contribution < 1.29 is 4.74 Å². The van der Waals surface area contributed by atoms with Crippen LogP contribution >= 0.6 is 11.6 Å². The lowest BCUT2D eigenvalue weighted by Gasteiger charge is -2.17. The second kappa shape index (κ2) is 9.25. The molecule has 4 nitrogen and oxygen atoms in total. The third-order valence-electron chi connectivity index (χ3n) is 4.13. The van der Waals surface area contributed by atoms with Gasteiger partial charge in [-0.3, -0.25) is 5.10 Å². The summed E-state index contributed by atoms with van der Waals surface area (Å²) < 4.78 is 5.87. The fourth-order valence-corrected chi connectivity index (χ4v) is 3.11. The number of hydrogen-bond acceptors (Lipinski definition) is 3. The van der Waals surface area contributed by atoms with E-state index in [1.54, 1.807) is 0 Å². The van der Waals surface area contributed by atoms with E-state index in [1.807, 2.05) is 19.2 Å². The number of nitrogens with one attached hydrogen (secondary N) is 1. The lowest BCUT2D eigenvalue weighted by Crippen LogP contribution is -2.19. The molecular weight excluding hydrogens is 334 g/mol. The molecule has 1 heterocycles. The fraction of sp³-hybridized carbons (Fsp3) is 0.550. The molecule has 0 fully saturated rings. The summed E-state index contributed by atoms with van der Waals surface area (Å²) in [5.74, 6) is 1.24. The quantitative estimate of drug-likeness (QED) is 0.656. The summed E-state index contributed by atoms with van der Waals surface area (Å²) in [6, 6.07) is 4.08. The third-order valence-corrected chi connectivity index (χ3v) is 4.41. The van der Waals surface area contributed by atoms with Gasteiger partial charge in [-0.2, -0.15) is 5.10 Å². The number of ether oxygens (including phenoxy) is 1. The molecule has 25 heavy (non-hydrogen) atoms. The van der Waals surface area contributed by atoms with Crippen molar-refractivity contribution in [3.05, 3.63) is 34.5 Å². The van der Waals surface area contributed by atoms with Crippen LogP contribution in [0.1, 0.15) is 44.7 Å². The summed E-state index contributed by atoms with van der Waals surface area (Å²) in [5, 5.41) is 8.03. The molecule has 0 atom stereocenters. The number of rotatable bonds is 9. The number of benzene rings is 1. The van der Waals surface area contributed by atoms with Crippen LogP contribution < -0.4 is 4.74 Å². The van der Waals surface area contributed by atoms with E-state index in [4.69, 9.17) is 16.3 Å². The van der Waals surface area contributed by atoms with E-state index in [0.29, 0.717) is 17.5 Å². The number of H-pyrrole nitrogens is 1. The fourth-order valence-electron chi connectivity index (χ4n) is 2.79. The van der Waals surface area contributed by atoms with E-state index >= 15 is 0 Å². The zero-order chi connectivity index (χ0) is 18.4. The number of hydrogen-bond donors (Lipinski definition) is 1. The maximum absolute atomic E-state index is 6.49. The van der Waals surface area contributed by atoms with Gasteiger partial charge in [0.1, 0.15) is 5.75 Å². The highest BCUT2D eigenvalue weighted by molar-refractivity contribution is 6.32. The lowest BCUT2D eigenvalue weighted by molar-refractivity contribution is 0.269. The first-order chi connectivity index (χ1) is 11.9. The van der Waals surface area contributed by atoms with Gasteiger partial charge in [-0.25, -0.2) is 0 Å². The predicted octanol–water partition coefficient (Wildman–Crippen LogP) is 5.31. The van der Waals surface area contributed by atoms with Crippen molar-refractivity contribution in [2.24, 2.45) is 5.92 Å². The van der Waals surface area contributed by atoms with Crippen LogP contribution in [0.15, 0.2) is 18.3 Å². The van der Waals surface area contributed by atoms with Crippen LogP contribution in [0.5, 0.6) is 5.75 Å². The Morgan fingerprint density at radius 1 is 1.32 bits per heavy atom. The summed E-state index contributed by atoms with van der Waals surface area (Å²) in [7, 11) is 2.15. The normalized spacial score (nSPS) is 11.5. The van der Waals surface area contributed by atoms with Crippen molar-refractivity contribution in [2.75, 3.05) is 20.2 Å². The lowest BCUT2D eigenvalue weighted by atomic mass is 10.0. The Morgan fingerprint density at radius 3 is 2.72 bits per heavy atom. The first-order valence-electron chi connectivity index (χ1n) is 9.06. The van der Waals surface area contributed by atoms with Crippen molar-refractivity contribution in [3.8, 4) is 17.0 Å². The summed E-state index contributed by atoms with van der Waals surface area (Å²) >= 11 is 6.49. The molecule has 0 bridgehead atoms. The number of halogens is 1. The predicted molar refractivity (Wildman–Crippen MR) is 105 cm³/mol. The summed E-state index contributed by atoms with van der Waals surface area (Å²) in [5.41, 5.74) is 4.31. The molecule has 2 aromatic rings. The topological polar surface area (TPSA) is 41.2 Å². The van der Waals surface area contributed by atoms with E-state index < -0.39 is 0 Å². The Morgan fingerprint density at radius 2 is 2.08 bits per heavy atom. The van der Waals surface area contributed by atoms with E-state index in [9.17, 15) is 0 Å². The minimum Gasteiger partial charge on any atom is -0.491 e. The van der Waals surface area contributed by atoms with Gasteiger partial charge in [0.2, 0.25) is 0 Å². The molecule has 1 aromatic carbocycles. The Hall–Kier alpha value is -1.52. The second-order valence-electron chi connectivity index (χ2n) is 7.17. The molecule has 5 heteroatoms. The Labute approximate surface area is 156 Å². The zero-order valence-corrected chi connectivity index (χ0v) is 16.8. The maximum atomic E-state index is 6.49. The highest BCUT2D eigenvalue weighted by Crippen LogP contribution is 2.35. The van der Waals surface area contributed by atoms with Crippen molar-refractivity contribution in [3.63, 3.8) is 0 Å². The van der Waals surface area contributed by atoms with Crippen LogP contribution in [-0.4, -0.2) is 35.3 Å². The molecular formula is C20H30ClN3O. The van der Waals surface area contributed by atoms with Gasteiger partial charge < -0.3 is 9.64 Å². The molecule has 0 spiro atoms. The standard InChI is InChI=1S/C20H30ClN3O/c1-6-7-8-24(5)12-17-11-22-23-19(17)16-9-15(4)20(18(21)10-16)25-13-14(2)3/h9-11,14H,6-8,12-13H2,1-5H3,(H,22,23). The smallest absolute Gasteiger partial charge is 0.140 e. The monoisotopic (exact) mass is 363 g/mol. The van der Waals surface area contributed by atoms with Gasteiger partial charge in [0, 0.05) is 17.7 Å². The largest absolute Gasteiger partial charge is 0.491 e. The third kappa shape index (κ3) is 5.48. The van der Waals surface area contributed by atoms with Gasteiger partial charge >= 0.3 is 0 Å². The molecule has 1 aromatic heterocycles. The molecule has 0 unspecified atom stereocenters. The molecule has 1 N–H and O–H groups in total. The van der Waals surface area contributed by atoms with Crippen LogP contribution in [0.2, 0.25) is 5.02 Å². The van der Waals surface area contributed by atoms with E-state index in [0.717, 1.165) is 35.7 Å². The molecule has 138 valence electrons. The van der Waals surface area contributed by atoms with Crippen LogP contribution in [0.25, 0.3) is 11.3 Å². The van der Waals surface area contributed by atoms with Crippen molar-refractivity contribution in [1.29, 1.82) is 0 Å². The molecule has 0 amide bonds. The van der Waals surface area contributed by atoms with Crippen LogP contribution in [0.4, 0.5) is 0 Å². The van der Waals surface area contributed by atoms with Gasteiger partial charge in [0.15, 0.2) is 0 Å². The molecule has 0 saturated heterocycles. The SMILES string of the molecule is CCCCN(C)Cc1cn[nH]c1-c1cc(C)c(OCC(C)C)c(Cl)c1. The summed E-state index contributed by atoms with van der Waals surface area (Å²) in [6.45, 7) is 11.1. The number of aromatic nitrogens is 2. The van der Waals surface area contributed by atoms with E-state index in [1.165, 1.54) is 18.4 Å². The van der Waals surface area contributed by atoms with Gasteiger partial charge in [0.05, 0.1) is 23.5 Å². The van der Waals surface area contributed by atoms with Crippen LogP contribution in [0, 0.1) is 12.8 Å². The van der Waals surface area contributed by atoms with Crippen molar-refractivity contribution in [1.82, 2.24) is 15.1 Å².